The van der Waals surface area contributed by atoms with Crippen LogP contribution in [0.4, 0.5) is 4.79 Å². The quantitative estimate of drug-likeness (QED) is 0.0296. The molecule has 626 valence electrons. The Kier molecular flexibility index (Phi) is 23.7. The van der Waals surface area contributed by atoms with Gasteiger partial charge in [0.05, 0.1) is 17.6 Å². The topological polar surface area (TPSA) is 492 Å². The van der Waals surface area contributed by atoms with Crippen LogP contribution in [0.25, 0.3) is 11.1 Å². The fourth-order valence-electron chi connectivity index (χ4n) is 17.9. The van der Waals surface area contributed by atoms with Gasteiger partial charge in [0.1, 0.15) is 109 Å². The zero-order chi connectivity index (χ0) is 83.4. The Bertz CT molecular complexity index is 4880. The number of ketones is 1. The molecule has 6 fully saturated rings. The molecule has 6 aromatic carbocycles. The molecule has 15 bridgehead atoms. The lowest BCUT2D eigenvalue weighted by atomic mass is 9.54. The zero-order valence-corrected chi connectivity index (χ0v) is 65.6. The van der Waals surface area contributed by atoms with E-state index in [1.54, 1.807) is 14.1 Å². The summed E-state index contributed by atoms with van der Waals surface area (Å²) >= 11 is 7.19. The number of hydrogen-bond donors (Lipinski definition) is 18. The Morgan fingerprint density at radius 3 is 1.94 bits per heavy atom. The van der Waals surface area contributed by atoms with Crippen LogP contribution in [0.5, 0.6) is 46.0 Å². The number of amides is 8. The zero-order valence-electron chi connectivity index (χ0n) is 64.9. The lowest BCUT2D eigenvalue weighted by Crippen LogP contribution is -2.65. The van der Waals surface area contributed by atoms with E-state index < -0.39 is 174 Å². The number of aromatic hydroxyl groups is 1. The molecule has 4 saturated carbocycles. The highest BCUT2D eigenvalue weighted by Crippen LogP contribution is 2.56. The molecule has 2 saturated heterocycles. The van der Waals surface area contributed by atoms with Gasteiger partial charge in [0, 0.05) is 48.3 Å². The largest absolute Gasteiger partial charge is 0.508 e. The maximum Gasteiger partial charge on any atom is 0.407 e. The van der Waals surface area contributed by atoms with Crippen LogP contribution >= 0.6 is 11.6 Å². The van der Waals surface area contributed by atoms with Gasteiger partial charge in [-0.2, -0.15) is 0 Å². The lowest BCUT2D eigenvalue weighted by Gasteiger charge is -2.54. The van der Waals surface area contributed by atoms with Crippen molar-refractivity contribution >= 4 is 64.8 Å². The Morgan fingerprint density at radius 1 is 0.636 bits per heavy atom. The molecule has 5 aliphatic carbocycles. The molecule has 6 aromatic rings. The molecule has 7 aliphatic heterocycles. The van der Waals surface area contributed by atoms with Gasteiger partial charge in [-0.05, 0) is 195 Å². The van der Waals surface area contributed by atoms with Gasteiger partial charge in [-0.15, -0.1) is 0 Å². The van der Waals surface area contributed by atoms with Crippen LogP contribution in [-0.2, 0) is 48.8 Å². The summed E-state index contributed by atoms with van der Waals surface area (Å²) in [5, 5.41) is 116. The van der Waals surface area contributed by atoms with Crippen molar-refractivity contribution < 1.29 is 112 Å². The van der Waals surface area contributed by atoms with Crippen LogP contribution in [0.3, 0.4) is 0 Å². The third-order valence-electron chi connectivity index (χ3n) is 23.6. The van der Waals surface area contributed by atoms with Crippen molar-refractivity contribution in [3.05, 3.63) is 153 Å². The third-order valence-corrected chi connectivity index (χ3v) is 23.9. The fraction of sp³-hybridized carbons (Fsp3) is 0.458. The Labute approximate surface area is 681 Å². The average molecular weight is 1650 g/mol. The maximum absolute atomic E-state index is 16.6. The van der Waals surface area contributed by atoms with Gasteiger partial charge in [0.25, 0.3) is 0 Å². The number of aliphatic hydroxyl groups is 6. The number of fused-ring (bicyclic) bond motifs is 13. The van der Waals surface area contributed by atoms with Crippen LogP contribution in [0.15, 0.2) is 103 Å². The molecular weight excluding hydrogens is 1550 g/mol. The van der Waals surface area contributed by atoms with Gasteiger partial charge >= 0.3 is 6.09 Å². The summed E-state index contributed by atoms with van der Waals surface area (Å²) in [6.45, 7) is 4.40. The number of carbonyl (C=O) groups is 9. The van der Waals surface area contributed by atoms with Crippen LogP contribution in [0, 0.1) is 29.6 Å². The molecule has 8 amide bonds. The average Bonchev–Trinajstić information content (AvgIpc) is 1.42. The van der Waals surface area contributed by atoms with E-state index in [1.165, 1.54) is 92.0 Å². The van der Waals surface area contributed by atoms with Gasteiger partial charge in [0.15, 0.2) is 23.4 Å². The molecule has 0 spiro atoms. The molecular formula is C83H94ClN11O23. The molecule has 7 heterocycles. The first-order valence-electron chi connectivity index (χ1n) is 39.4. The van der Waals surface area contributed by atoms with Crippen LogP contribution in [0.2, 0.25) is 5.02 Å². The highest BCUT2D eigenvalue weighted by molar-refractivity contribution is 6.32. The van der Waals surface area contributed by atoms with E-state index >= 15 is 33.6 Å². The summed E-state index contributed by atoms with van der Waals surface area (Å²) in [5.74, 6) is -12.9. The predicted molar refractivity (Wildman–Crippen MR) is 417 cm³/mol. The molecule has 0 radical (unpaired) electrons. The second kappa shape index (κ2) is 33.9. The summed E-state index contributed by atoms with van der Waals surface area (Å²) < 4.78 is 43.7. The minimum absolute atomic E-state index is 0.0590. The highest BCUT2D eigenvalue weighted by atomic mass is 35.5. The summed E-state index contributed by atoms with van der Waals surface area (Å²) in [7, 11) is 4.92. The SMILES string of the molecule is CNCCOc1cc(OCCNC)cc(C(=O)C[C@@H]2NC(=O)[C@H](NC(=O)[C@@H](CC(C)C)NC)[C@H](O)c3ccc(c(Cl)c3)Oc3cc4cc(c3O[C@@H]3O[C@@H]5CNC(=O)O[C@H]5[C@H](O)[C@H]3O)Oc3ccc(cc3)[C@@H](O)[C@@H]3NC(=O)[C@H](NC(=O)[C@@H]4NC2=O)c2ccc4c(c2)-c2c(cc(O)cc2C4(O)O)[C@@H](C(=O)NC2C4CC5CC(C4)CC2C5)NC3=O)c1. The monoisotopic (exact) mass is 1650 g/mol. The standard InChI is InChI=1S/C83H94ClN11O23/c1-35(2)18-54(87-5)74(102)94-67-69(99)40-9-13-57(53(84)27-40)115-59-29-44-28-58(72(59)117-81-71(101)70(100)73-60(116-81)34-88-82(109)118-73)114-46-10-6-38(7-11-46)68(98)66-80(108)93-65(78(106)90-62-42-20-36-19-37(22-42)23-43(62)21-36)50-30-45(96)31-52-61(50)49-26-39(8-12-51(49)83(52,110)111)63(76(104)95-66)92-77(105)64(44)91-75(103)55(89-79(67)107)33-56(97)41-24-47(112-16-14-85-3)32-48(25-41)113-17-15-86-4/h6-13,24-32,35-37,42-43,54-55,60,62-71,73,81,85-87,96,98-101,110-111H,14-23,33-34H2,1-5H3,(H,88,109)(H,89,107)(H,90,106)(H,91,103)(H,92,105)(H,93,108)(H,94,102)(H,95,104)/t36?,37?,42?,43?,54-,55+,60-,62?,63-,64-,65+,66+,67-,68-,69-,70-,71-,73-,81+/m1/s1. The predicted octanol–water partition coefficient (Wildman–Crippen LogP) is 2.51. The number of alkyl carbamates (subject to hydrolysis) is 1. The summed E-state index contributed by atoms with van der Waals surface area (Å²) in [6.07, 6.45) is -9.72. The molecule has 14 atom stereocenters. The molecule has 34 nitrogen and oxygen atoms in total. The van der Waals surface area contributed by atoms with Gasteiger partial charge in [0.2, 0.25) is 59.2 Å². The van der Waals surface area contributed by atoms with E-state index in [1.807, 2.05) is 13.8 Å². The van der Waals surface area contributed by atoms with Crippen molar-refractivity contribution in [2.24, 2.45) is 29.6 Å². The number of hydrogen-bond acceptors (Lipinski definition) is 26. The molecule has 0 unspecified atom stereocenters. The number of benzene rings is 6. The first-order valence-corrected chi connectivity index (χ1v) is 39.8. The molecule has 12 aliphatic rings. The van der Waals surface area contributed by atoms with Crippen molar-refractivity contribution in [3.63, 3.8) is 0 Å². The number of nitrogens with one attached hydrogen (secondary N) is 11. The number of halogens is 1. The van der Waals surface area contributed by atoms with Gasteiger partial charge < -0.3 is 127 Å². The molecule has 18 N–H and O–H groups in total. The minimum Gasteiger partial charge on any atom is -0.508 e. The van der Waals surface area contributed by atoms with Crippen molar-refractivity contribution in [1.29, 1.82) is 0 Å². The number of phenols is 1. The van der Waals surface area contributed by atoms with Crippen molar-refractivity contribution in [2.45, 2.75) is 156 Å². The normalized spacial score (nSPS) is 28.7. The molecule has 18 rings (SSSR count). The maximum atomic E-state index is 16.6. The van der Waals surface area contributed by atoms with E-state index in [-0.39, 0.29) is 134 Å². The fourth-order valence-corrected chi connectivity index (χ4v) is 18.1. The van der Waals surface area contributed by atoms with E-state index in [0.717, 1.165) is 50.3 Å². The summed E-state index contributed by atoms with van der Waals surface area (Å²) in [6, 6.07) is 7.82. The van der Waals surface area contributed by atoms with Crippen molar-refractivity contribution in [3.8, 4) is 57.1 Å². The number of ether oxygens (including phenoxy) is 7. The first kappa shape index (κ1) is 82.3. The highest BCUT2D eigenvalue weighted by Gasteiger charge is 2.53. The van der Waals surface area contributed by atoms with Crippen molar-refractivity contribution in [2.75, 3.05) is 54.0 Å². The second-order valence-electron chi connectivity index (χ2n) is 32.0. The van der Waals surface area contributed by atoms with Crippen molar-refractivity contribution in [1.82, 2.24) is 58.5 Å². The number of phenolic OH excluding ortho intramolecular Hbond substituents is 1. The summed E-state index contributed by atoms with van der Waals surface area (Å²) in [5.41, 5.74) is -1.71. The second-order valence-corrected chi connectivity index (χ2v) is 32.5. The van der Waals surface area contributed by atoms with Crippen LogP contribution in [-0.4, -0.2) is 204 Å². The van der Waals surface area contributed by atoms with Gasteiger partial charge in [-0.3, -0.25) is 38.4 Å². The molecule has 0 aromatic heterocycles. The number of likely N-dealkylation sites (N-methyl/N-ethyl adjacent to an activating group) is 3. The van der Waals surface area contributed by atoms with E-state index in [9.17, 15) is 45.3 Å². The number of Topliss-reactive ketones (excluding diaryl/α,β-unsaturated/α-hetero) is 1. The smallest absolute Gasteiger partial charge is 0.407 e. The summed E-state index contributed by atoms with van der Waals surface area (Å²) in [4.78, 5) is 138. The Balaban J connectivity index is 0.916. The van der Waals surface area contributed by atoms with E-state index in [2.05, 4.69) is 58.5 Å². The lowest BCUT2D eigenvalue weighted by molar-refractivity contribution is -0.275. The van der Waals surface area contributed by atoms with E-state index in [0.29, 0.717) is 24.9 Å². The number of aliphatic hydroxyl groups excluding tert-OH is 4. The Hall–Kier alpha value is -10.8. The first-order chi connectivity index (χ1) is 56.5. The Morgan fingerprint density at radius 2 is 1.28 bits per heavy atom. The van der Waals surface area contributed by atoms with Crippen LogP contribution < -0.4 is 82.2 Å². The number of carbonyl (C=O) groups excluding carboxylic acids is 9. The molecule has 35 heteroatoms. The third kappa shape index (κ3) is 16.6. The molecule has 118 heavy (non-hydrogen) atoms. The minimum atomic E-state index is -2.95. The number of rotatable bonds is 20. The van der Waals surface area contributed by atoms with Crippen LogP contribution in [0.1, 0.15) is 138 Å². The van der Waals surface area contributed by atoms with Gasteiger partial charge in [-0.1, -0.05) is 55.8 Å². The van der Waals surface area contributed by atoms with Gasteiger partial charge in [-0.25, -0.2) is 4.79 Å². The van der Waals surface area contributed by atoms with E-state index in [4.69, 9.17) is 44.8 Å².